The van der Waals surface area contributed by atoms with Gasteiger partial charge in [0.25, 0.3) is 0 Å². The van der Waals surface area contributed by atoms with Crippen molar-refractivity contribution in [1.29, 1.82) is 0 Å². The molecule has 0 saturated heterocycles. The van der Waals surface area contributed by atoms with Crippen LogP contribution in [0.1, 0.15) is 11.1 Å². The van der Waals surface area contributed by atoms with Crippen molar-refractivity contribution in [2.75, 3.05) is 23.8 Å². The molecule has 2 aromatic heterocycles. The molecule has 2 heterocycles. The second-order valence-electron chi connectivity index (χ2n) is 6.01. The summed E-state index contributed by atoms with van der Waals surface area (Å²) >= 11 is 0. The largest absolute Gasteiger partial charge is 0.368 e. The third kappa shape index (κ3) is 3.32. The van der Waals surface area contributed by atoms with E-state index in [2.05, 4.69) is 15.4 Å². The number of nitro groups is 1. The zero-order chi connectivity index (χ0) is 18.8. The van der Waals surface area contributed by atoms with Gasteiger partial charge in [0.2, 0.25) is 11.6 Å². The quantitative estimate of drug-likeness (QED) is 0.557. The van der Waals surface area contributed by atoms with Crippen LogP contribution in [-0.4, -0.2) is 39.0 Å². The average molecular weight is 354 g/mol. The van der Waals surface area contributed by atoms with Crippen molar-refractivity contribution in [1.82, 2.24) is 14.6 Å². The van der Waals surface area contributed by atoms with Crippen LogP contribution in [0, 0.1) is 24.0 Å². The first-order chi connectivity index (χ1) is 12.4. The fourth-order valence-corrected chi connectivity index (χ4v) is 2.67. The number of para-hydroxylation sites is 1. The summed E-state index contributed by atoms with van der Waals surface area (Å²) in [6.07, 6.45) is 1.15. The summed E-state index contributed by atoms with van der Waals surface area (Å²) in [5, 5.41) is 18.1. The highest BCUT2D eigenvalue weighted by Gasteiger charge is 2.18. The molecule has 0 saturated carbocycles. The summed E-state index contributed by atoms with van der Waals surface area (Å²) < 4.78 is 1.15. The first-order valence-electron chi connectivity index (χ1n) is 7.93. The van der Waals surface area contributed by atoms with Gasteiger partial charge < -0.3 is 20.3 Å². The maximum absolute atomic E-state index is 12.4. The van der Waals surface area contributed by atoms with Gasteiger partial charge in [0.05, 0.1) is 6.54 Å². The van der Waals surface area contributed by atoms with E-state index in [-0.39, 0.29) is 18.3 Å². The number of aromatic nitrogens is 3. The Labute approximate surface area is 149 Å². The first kappa shape index (κ1) is 17.3. The molecule has 0 bridgehead atoms. The van der Waals surface area contributed by atoms with Gasteiger partial charge in [0, 0.05) is 18.8 Å². The van der Waals surface area contributed by atoms with Crippen molar-refractivity contribution in [3.8, 4) is 0 Å². The van der Waals surface area contributed by atoms with E-state index < -0.39 is 4.92 Å². The predicted molar refractivity (Wildman–Crippen MR) is 97.5 cm³/mol. The number of benzene rings is 1. The van der Waals surface area contributed by atoms with Crippen LogP contribution in [0.25, 0.3) is 5.65 Å². The Hall–Kier alpha value is -3.49. The molecule has 9 nitrogen and oxygen atoms in total. The normalized spacial score (nSPS) is 10.7. The molecular formula is C17H18N6O3. The summed E-state index contributed by atoms with van der Waals surface area (Å²) in [7, 11) is 1.70. The number of anilines is 2. The lowest BCUT2D eigenvalue weighted by Crippen LogP contribution is -2.31. The minimum absolute atomic E-state index is 0.0504. The fraction of sp³-hybridized carbons (Fsp3) is 0.235. The van der Waals surface area contributed by atoms with Crippen LogP contribution >= 0.6 is 0 Å². The topological polar surface area (TPSA) is 106 Å². The average Bonchev–Trinajstić information content (AvgIpc) is 3.01. The van der Waals surface area contributed by atoms with E-state index >= 15 is 0 Å². The predicted octanol–water partition coefficient (Wildman–Crippen LogP) is 2.33. The van der Waals surface area contributed by atoms with E-state index in [0.29, 0.717) is 11.5 Å². The standard InChI is InChI=1S/C17H18N6O3/c1-11-5-4-6-12(2)17(11)19-15(24)10-21(3)14-8-7-13-18-9-16(23(25)26)22(13)20-14/h4-9H,10H2,1-3H3,(H,19,24). The van der Waals surface area contributed by atoms with E-state index in [1.165, 1.54) is 0 Å². The minimum Gasteiger partial charge on any atom is -0.358 e. The second-order valence-corrected chi connectivity index (χ2v) is 6.01. The number of fused-ring (bicyclic) bond motifs is 1. The molecule has 0 fully saturated rings. The number of hydrogen-bond donors (Lipinski definition) is 1. The van der Waals surface area contributed by atoms with Crippen LogP contribution in [0.4, 0.5) is 17.3 Å². The molecule has 0 aliphatic rings. The monoisotopic (exact) mass is 354 g/mol. The molecule has 9 heteroatoms. The summed E-state index contributed by atoms with van der Waals surface area (Å²) in [4.78, 5) is 28.4. The molecule has 0 aliphatic heterocycles. The van der Waals surface area contributed by atoms with Crippen LogP contribution in [0.15, 0.2) is 36.5 Å². The maximum Gasteiger partial charge on any atom is 0.368 e. The number of amides is 1. The van der Waals surface area contributed by atoms with E-state index in [1.807, 2.05) is 32.0 Å². The third-order valence-corrected chi connectivity index (χ3v) is 4.03. The Morgan fingerprint density at radius 2 is 1.96 bits per heavy atom. The number of nitrogens with zero attached hydrogens (tertiary/aromatic N) is 5. The minimum atomic E-state index is -0.551. The molecule has 134 valence electrons. The summed E-state index contributed by atoms with van der Waals surface area (Å²) in [5.74, 6) is -0.00239. The molecule has 0 atom stereocenters. The van der Waals surface area contributed by atoms with Crippen molar-refractivity contribution in [3.05, 3.63) is 57.8 Å². The van der Waals surface area contributed by atoms with Gasteiger partial charge >= 0.3 is 5.82 Å². The number of aryl methyl sites for hydroxylation is 2. The Bertz CT molecular complexity index is 977. The van der Waals surface area contributed by atoms with Gasteiger partial charge in [-0.15, -0.1) is 0 Å². The summed E-state index contributed by atoms with van der Waals surface area (Å²) in [6.45, 7) is 3.91. The molecule has 0 radical (unpaired) electrons. The number of imidazole rings is 1. The molecule has 1 amide bonds. The first-order valence-corrected chi connectivity index (χ1v) is 7.93. The highest BCUT2D eigenvalue weighted by molar-refractivity contribution is 5.95. The Kier molecular flexibility index (Phi) is 4.53. The van der Waals surface area contributed by atoms with Gasteiger partial charge in [0.1, 0.15) is 6.20 Å². The third-order valence-electron chi connectivity index (χ3n) is 4.03. The van der Waals surface area contributed by atoms with E-state index in [4.69, 9.17) is 0 Å². The molecule has 3 rings (SSSR count). The van der Waals surface area contributed by atoms with Gasteiger partial charge in [-0.1, -0.05) is 27.8 Å². The molecule has 0 spiro atoms. The van der Waals surface area contributed by atoms with E-state index in [9.17, 15) is 14.9 Å². The van der Waals surface area contributed by atoms with Gasteiger partial charge in [-0.3, -0.25) is 4.79 Å². The Morgan fingerprint density at radius 3 is 2.62 bits per heavy atom. The number of likely N-dealkylation sites (N-methyl/N-ethyl adjacent to an activating group) is 1. The zero-order valence-corrected chi connectivity index (χ0v) is 14.6. The van der Waals surface area contributed by atoms with Crippen LogP contribution in [0.5, 0.6) is 0 Å². The molecule has 1 aromatic carbocycles. The zero-order valence-electron chi connectivity index (χ0n) is 14.6. The van der Waals surface area contributed by atoms with Crippen LogP contribution in [-0.2, 0) is 4.79 Å². The number of nitrogens with one attached hydrogen (secondary N) is 1. The van der Waals surface area contributed by atoms with Crippen LogP contribution < -0.4 is 10.2 Å². The number of carbonyl (C=O) groups excluding carboxylic acids is 1. The lowest BCUT2D eigenvalue weighted by molar-refractivity contribution is -0.391. The molecule has 0 unspecified atom stereocenters. The molecule has 3 aromatic rings. The van der Waals surface area contributed by atoms with Crippen LogP contribution in [0.2, 0.25) is 0 Å². The van der Waals surface area contributed by atoms with Crippen molar-refractivity contribution < 1.29 is 9.72 Å². The van der Waals surface area contributed by atoms with Crippen molar-refractivity contribution >= 4 is 28.9 Å². The molecule has 26 heavy (non-hydrogen) atoms. The van der Waals surface area contributed by atoms with Gasteiger partial charge in [-0.2, -0.15) is 0 Å². The molecule has 0 aliphatic carbocycles. The smallest absolute Gasteiger partial charge is 0.358 e. The Balaban J connectivity index is 1.78. The van der Waals surface area contributed by atoms with Crippen molar-refractivity contribution in [3.63, 3.8) is 0 Å². The van der Waals surface area contributed by atoms with Crippen molar-refractivity contribution in [2.45, 2.75) is 13.8 Å². The molecule has 1 N–H and O–H groups in total. The lowest BCUT2D eigenvalue weighted by Gasteiger charge is -2.18. The number of hydrogen-bond acceptors (Lipinski definition) is 6. The summed E-state index contributed by atoms with van der Waals surface area (Å²) in [6, 6.07) is 9.08. The van der Waals surface area contributed by atoms with E-state index in [0.717, 1.165) is 27.5 Å². The van der Waals surface area contributed by atoms with Gasteiger partial charge in [0.15, 0.2) is 5.82 Å². The van der Waals surface area contributed by atoms with Gasteiger partial charge in [-0.25, -0.2) is 4.98 Å². The second kappa shape index (κ2) is 6.79. The van der Waals surface area contributed by atoms with E-state index in [1.54, 1.807) is 24.1 Å². The van der Waals surface area contributed by atoms with Crippen LogP contribution in [0.3, 0.4) is 0 Å². The maximum atomic E-state index is 12.4. The highest BCUT2D eigenvalue weighted by Crippen LogP contribution is 2.20. The highest BCUT2D eigenvalue weighted by atomic mass is 16.6. The SMILES string of the molecule is Cc1cccc(C)c1NC(=O)CN(C)c1ccc2ncc([N+](=O)[O-])n2n1. The Morgan fingerprint density at radius 1 is 1.27 bits per heavy atom. The van der Waals surface area contributed by atoms with Gasteiger partial charge in [-0.05, 0) is 36.0 Å². The lowest BCUT2D eigenvalue weighted by atomic mass is 10.1. The molecular weight excluding hydrogens is 336 g/mol. The van der Waals surface area contributed by atoms with Crippen molar-refractivity contribution in [2.24, 2.45) is 0 Å². The number of carbonyl (C=O) groups is 1. The fourth-order valence-electron chi connectivity index (χ4n) is 2.67. The number of rotatable bonds is 5. The summed E-state index contributed by atoms with van der Waals surface area (Å²) in [5.41, 5.74) is 3.12.